The van der Waals surface area contributed by atoms with Crippen LogP contribution in [0.5, 0.6) is 0 Å². The summed E-state index contributed by atoms with van der Waals surface area (Å²) in [6.07, 6.45) is 9.08. The van der Waals surface area contributed by atoms with Crippen molar-refractivity contribution in [2.24, 2.45) is 10.9 Å². The fourth-order valence-corrected chi connectivity index (χ4v) is 6.75. The van der Waals surface area contributed by atoms with Gasteiger partial charge in [0.15, 0.2) is 0 Å². The smallest absolute Gasteiger partial charge is 0.104 e. The van der Waals surface area contributed by atoms with Gasteiger partial charge < -0.3 is 10.2 Å². The summed E-state index contributed by atoms with van der Waals surface area (Å²) in [5, 5.41) is 5.37. The van der Waals surface area contributed by atoms with E-state index in [1.165, 1.54) is 44.4 Å². The lowest BCUT2D eigenvalue weighted by Gasteiger charge is -2.39. The Morgan fingerprint density at radius 3 is 2.73 bits per heavy atom. The summed E-state index contributed by atoms with van der Waals surface area (Å²) in [6.45, 7) is 4.44. The number of nitrogens with zero attached hydrogens (tertiary/aromatic N) is 2. The normalized spacial score (nSPS) is 42.9. The van der Waals surface area contributed by atoms with E-state index in [0.29, 0.717) is 17.3 Å². The van der Waals surface area contributed by atoms with E-state index >= 15 is 0 Å². The number of halogens is 1. The standard InChI is InChI=1S/C17H28ClN3S/c18-12-5-6-15-13(11-12)17(21-9-7-19-8-10-21)20-14-3-1-2-4-16(14)22-15/h12-16,19H,1-11H2. The zero-order chi connectivity index (χ0) is 14.9. The number of fused-ring (bicyclic) bond motifs is 2. The van der Waals surface area contributed by atoms with Gasteiger partial charge in [-0.1, -0.05) is 12.8 Å². The molecule has 3 nitrogen and oxygen atoms in total. The Kier molecular flexibility index (Phi) is 4.89. The topological polar surface area (TPSA) is 27.6 Å². The monoisotopic (exact) mass is 341 g/mol. The summed E-state index contributed by atoms with van der Waals surface area (Å²) >= 11 is 8.83. The van der Waals surface area contributed by atoms with Gasteiger partial charge in [-0.2, -0.15) is 11.8 Å². The van der Waals surface area contributed by atoms with Crippen molar-refractivity contribution in [1.29, 1.82) is 0 Å². The molecule has 0 aromatic heterocycles. The Bertz CT molecular complexity index is 424. The summed E-state index contributed by atoms with van der Waals surface area (Å²) in [5.41, 5.74) is 0. The van der Waals surface area contributed by atoms with Gasteiger partial charge in [-0.25, -0.2) is 0 Å². The van der Waals surface area contributed by atoms with E-state index in [0.717, 1.165) is 43.1 Å². The van der Waals surface area contributed by atoms with Crippen LogP contribution in [0.15, 0.2) is 4.99 Å². The number of hydrogen-bond donors (Lipinski definition) is 1. The summed E-state index contributed by atoms with van der Waals surface area (Å²) in [5.74, 6) is 2.03. The van der Waals surface area contributed by atoms with Gasteiger partial charge in [0, 0.05) is 48.0 Å². The van der Waals surface area contributed by atoms with Crippen LogP contribution in [0.25, 0.3) is 0 Å². The quantitative estimate of drug-likeness (QED) is 0.686. The molecule has 2 aliphatic heterocycles. The first-order chi connectivity index (χ1) is 10.8. The molecule has 0 spiro atoms. The minimum absolute atomic E-state index is 0.357. The predicted octanol–water partition coefficient (Wildman–Crippen LogP) is 3.12. The fraction of sp³-hybridized carbons (Fsp3) is 0.941. The maximum atomic E-state index is 6.55. The lowest BCUT2D eigenvalue weighted by atomic mass is 9.86. The Hall–Kier alpha value is 0.0700. The Labute approximate surface area is 143 Å². The van der Waals surface area contributed by atoms with Crippen molar-refractivity contribution < 1.29 is 0 Å². The molecule has 5 heteroatoms. The van der Waals surface area contributed by atoms with Crippen LogP contribution < -0.4 is 5.32 Å². The maximum absolute atomic E-state index is 6.55. The number of hydrogen-bond acceptors (Lipinski definition) is 4. The molecule has 5 unspecified atom stereocenters. The highest BCUT2D eigenvalue weighted by Crippen LogP contribution is 2.45. The highest BCUT2D eigenvalue weighted by molar-refractivity contribution is 8.00. The average molecular weight is 342 g/mol. The van der Waals surface area contributed by atoms with Gasteiger partial charge in [-0.3, -0.25) is 4.99 Å². The second kappa shape index (κ2) is 6.90. The third-order valence-electron chi connectivity index (χ3n) is 5.81. The minimum atomic E-state index is 0.357. The van der Waals surface area contributed by atoms with Crippen molar-refractivity contribution >= 4 is 29.2 Å². The molecule has 4 aliphatic rings. The predicted molar refractivity (Wildman–Crippen MR) is 96.3 cm³/mol. The van der Waals surface area contributed by atoms with E-state index < -0.39 is 0 Å². The van der Waals surface area contributed by atoms with Crippen LogP contribution in [0.4, 0.5) is 0 Å². The summed E-state index contributed by atoms with van der Waals surface area (Å²) in [4.78, 5) is 7.96. The molecule has 0 amide bonds. The average Bonchev–Trinajstić information content (AvgIpc) is 2.72. The van der Waals surface area contributed by atoms with E-state index in [1.54, 1.807) is 0 Å². The minimum Gasteiger partial charge on any atom is -0.358 e. The van der Waals surface area contributed by atoms with Crippen LogP contribution in [-0.4, -0.2) is 58.8 Å². The van der Waals surface area contributed by atoms with Crippen molar-refractivity contribution in [3.05, 3.63) is 0 Å². The van der Waals surface area contributed by atoms with Gasteiger partial charge in [0.2, 0.25) is 0 Å². The van der Waals surface area contributed by atoms with Crippen LogP contribution in [0.2, 0.25) is 0 Å². The van der Waals surface area contributed by atoms with Gasteiger partial charge in [-0.15, -0.1) is 11.6 Å². The van der Waals surface area contributed by atoms with Gasteiger partial charge in [-0.05, 0) is 32.1 Å². The van der Waals surface area contributed by atoms with Crippen molar-refractivity contribution in [2.45, 2.75) is 66.9 Å². The highest BCUT2D eigenvalue weighted by Gasteiger charge is 2.42. The molecule has 2 aliphatic carbocycles. The SMILES string of the molecule is ClC1CCC2SC3CCCCC3N=C(N3CCNCC3)C2C1. The third kappa shape index (κ3) is 3.16. The number of alkyl halides is 1. The number of thioether (sulfide) groups is 1. The molecule has 0 aromatic rings. The van der Waals surface area contributed by atoms with Crippen LogP contribution in [0.3, 0.4) is 0 Å². The van der Waals surface area contributed by atoms with Gasteiger partial charge in [0.05, 0.1) is 6.04 Å². The fourth-order valence-electron chi connectivity index (χ4n) is 4.61. The van der Waals surface area contributed by atoms with Gasteiger partial charge in [0.25, 0.3) is 0 Å². The summed E-state index contributed by atoms with van der Waals surface area (Å²) in [6, 6.07) is 0.572. The molecule has 0 aromatic carbocycles. The second-order valence-electron chi connectivity index (χ2n) is 7.31. The number of rotatable bonds is 0. The lowest BCUT2D eigenvalue weighted by molar-refractivity contribution is 0.322. The number of nitrogens with one attached hydrogen (secondary N) is 1. The zero-order valence-electron chi connectivity index (χ0n) is 13.3. The van der Waals surface area contributed by atoms with E-state index in [-0.39, 0.29) is 0 Å². The Morgan fingerprint density at radius 2 is 1.86 bits per heavy atom. The number of piperazine rings is 1. The molecule has 0 bridgehead atoms. The number of aliphatic imine (C=N–C) groups is 1. The Morgan fingerprint density at radius 1 is 1.05 bits per heavy atom. The van der Waals surface area contributed by atoms with Crippen molar-refractivity contribution in [3.63, 3.8) is 0 Å². The molecule has 22 heavy (non-hydrogen) atoms. The molecule has 5 atom stereocenters. The largest absolute Gasteiger partial charge is 0.358 e. The van der Waals surface area contributed by atoms with Crippen LogP contribution in [0.1, 0.15) is 44.9 Å². The van der Waals surface area contributed by atoms with Crippen LogP contribution in [0, 0.1) is 5.92 Å². The molecule has 1 N–H and O–H groups in total. The van der Waals surface area contributed by atoms with Gasteiger partial charge in [0.1, 0.15) is 5.84 Å². The molecular formula is C17H28ClN3S. The highest BCUT2D eigenvalue weighted by atomic mass is 35.5. The van der Waals surface area contributed by atoms with Crippen LogP contribution >= 0.6 is 23.4 Å². The Balaban J connectivity index is 1.63. The first kappa shape index (κ1) is 15.6. The number of amidine groups is 1. The molecule has 2 saturated carbocycles. The summed E-state index contributed by atoms with van der Waals surface area (Å²) in [7, 11) is 0. The second-order valence-corrected chi connectivity index (χ2v) is 9.41. The first-order valence-electron chi connectivity index (χ1n) is 9.14. The van der Waals surface area contributed by atoms with E-state index in [4.69, 9.17) is 16.6 Å². The zero-order valence-corrected chi connectivity index (χ0v) is 14.9. The molecule has 3 fully saturated rings. The molecular weight excluding hydrogens is 314 g/mol. The molecule has 124 valence electrons. The molecule has 1 saturated heterocycles. The van der Waals surface area contributed by atoms with Crippen molar-refractivity contribution in [3.8, 4) is 0 Å². The summed E-state index contributed by atoms with van der Waals surface area (Å²) < 4.78 is 0. The lowest BCUT2D eigenvalue weighted by Crippen LogP contribution is -2.51. The van der Waals surface area contributed by atoms with Crippen LogP contribution in [-0.2, 0) is 0 Å². The van der Waals surface area contributed by atoms with Gasteiger partial charge >= 0.3 is 0 Å². The van der Waals surface area contributed by atoms with E-state index in [2.05, 4.69) is 22.0 Å². The van der Waals surface area contributed by atoms with E-state index in [9.17, 15) is 0 Å². The molecule has 0 radical (unpaired) electrons. The maximum Gasteiger partial charge on any atom is 0.104 e. The third-order valence-corrected chi connectivity index (χ3v) is 8.02. The molecule has 4 rings (SSSR count). The van der Waals surface area contributed by atoms with Crippen molar-refractivity contribution in [2.75, 3.05) is 26.2 Å². The first-order valence-corrected chi connectivity index (χ1v) is 10.5. The van der Waals surface area contributed by atoms with E-state index in [1.807, 2.05) is 0 Å². The van der Waals surface area contributed by atoms with Crippen molar-refractivity contribution in [1.82, 2.24) is 10.2 Å². The molecule has 2 heterocycles.